The van der Waals surface area contributed by atoms with Gasteiger partial charge in [0, 0.05) is 24.1 Å². The summed E-state index contributed by atoms with van der Waals surface area (Å²) < 4.78 is 7.89. The average Bonchev–Trinajstić information content (AvgIpc) is 3.22. The van der Waals surface area contributed by atoms with Gasteiger partial charge in [-0.05, 0) is 68.1 Å². The van der Waals surface area contributed by atoms with Crippen molar-refractivity contribution in [2.45, 2.75) is 79.9 Å². The second kappa shape index (κ2) is 11.7. The molecule has 210 valence electrons. The molecule has 0 spiro atoms. The molecule has 4 aromatic rings. The van der Waals surface area contributed by atoms with E-state index in [-0.39, 0.29) is 11.9 Å². The lowest BCUT2D eigenvalue weighted by atomic mass is 9.95. The van der Waals surface area contributed by atoms with Crippen molar-refractivity contribution in [3.05, 3.63) is 83.7 Å². The van der Waals surface area contributed by atoms with Crippen LogP contribution in [0.2, 0.25) is 0 Å². The highest BCUT2D eigenvalue weighted by molar-refractivity contribution is 5.98. The quantitative estimate of drug-likeness (QED) is 0.230. The van der Waals surface area contributed by atoms with E-state index in [0.29, 0.717) is 12.1 Å². The molecule has 0 aliphatic rings. The van der Waals surface area contributed by atoms with Gasteiger partial charge in [0.2, 0.25) is 5.91 Å². The number of carbonyl (C=O) groups excluding carboxylic acids is 2. The van der Waals surface area contributed by atoms with Gasteiger partial charge in [-0.1, -0.05) is 76.6 Å². The third-order valence-corrected chi connectivity index (χ3v) is 6.67. The van der Waals surface area contributed by atoms with Crippen molar-refractivity contribution in [3.8, 4) is 11.1 Å². The van der Waals surface area contributed by atoms with Crippen molar-refractivity contribution in [3.63, 3.8) is 0 Å². The number of anilines is 1. The number of amides is 1. The Hall–Kier alpha value is -3.93. The van der Waals surface area contributed by atoms with E-state index >= 15 is 0 Å². The largest absolute Gasteiger partial charge is 0.456 e. The Balaban J connectivity index is 1.65. The fourth-order valence-corrected chi connectivity index (χ4v) is 4.49. The van der Waals surface area contributed by atoms with E-state index in [1.165, 1.54) is 0 Å². The number of ether oxygens (including phenoxy) is 1. The van der Waals surface area contributed by atoms with Crippen LogP contribution >= 0.6 is 0 Å². The normalized spacial score (nSPS) is 12.0. The monoisotopic (exact) mass is 539 g/mol. The van der Waals surface area contributed by atoms with Gasteiger partial charge in [-0.25, -0.2) is 9.78 Å². The molecule has 1 heterocycles. The van der Waals surface area contributed by atoms with Gasteiger partial charge >= 0.3 is 5.97 Å². The number of imidazole rings is 1. The molecular formula is C34H41N3O3. The lowest BCUT2D eigenvalue weighted by Gasteiger charge is -2.20. The number of nitrogens with one attached hydrogen (secondary N) is 1. The number of nitrogens with zero attached hydrogens (tertiary/aromatic N) is 2. The van der Waals surface area contributed by atoms with Gasteiger partial charge in [-0.3, -0.25) is 4.79 Å². The predicted octanol–water partition coefficient (Wildman–Crippen LogP) is 8.03. The topological polar surface area (TPSA) is 73.2 Å². The van der Waals surface area contributed by atoms with Crippen LogP contribution in [-0.4, -0.2) is 27.0 Å². The van der Waals surface area contributed by atoms with E-state index in [1.54, 1.807) is 0 Å². The number of fused-ring (bicyclic) bond motifs is 1. The summed E-state index contributed by atoms with van der Waals surface area (Å²) in [6, 6.07) is 21.8. The number of esters is 1. The highest BCUT2D eigenvalue weighted by Crippen LogP contribution is 2.28. The minimum absolute atomic E-state index is 0.0219. The molecule has 0 bridgehead atoms. The van der Waals surface area contributed by atoms with Crippen LogP contribution < -0.4 is 5.32 Å². The van der Waals surface area contributed by atoms with Crippen LogP contribution in [0.5, 0.6) is 0 Å². The van der Waals surface area contributed by atoms with Crippen molar-refractivity contribution < 1.29 is 14.3 Å². The molecule has 0 saturated heterocycles. The number of benzene rings is 3. The van der Waals surface area contributed by atoms with E-state index in [0.717, 1.165) is 58.5 Å². The summed E-state index contributed by atoms with van der Waals surface area (Å²) in [5, 5.41) is 3.05. The standard InChI is InChI=1S/C34H41N3O3/c1-8-9-14-30-36-28-20-19-25(35-32(39)33(2,3)4)21-29(28)37(30)22-23-15-17-24(18-16-23)26-12-10-11-13-27(26)31(38)40-34(5,6)7/h10-13,15-21H,8-9,14,22H2,1-7H3,(H,35,39). The maximum absolute atomic E-state index is 12.9. The minimum Gasteiger partial charge on any atom is -0.456 e. The lowest BCUT2D eigenvalue weighted by molar-refractivity contribution is -0.123. The third kappa shape index (κ3) is 6.98. The van der Waals surface area contributed by atoms with Crippen molar-refractivity contribution in [1.29, 1.82) is 0 Å². The maximum Gasteiger partial charge on any atom is 0.339 e. The Kier molecular flexibility index (Phi) is 8.48. The van der Waals surface area contributed by atoms with Gasteiger partial charge in [0.15, 0.2) is 0 Å². The smallest absolute Gasteiger partial charge is 0.339 e. The van der Waals surface area contributed by atoms with E-state index in [2.05, 4.69) is 41.1 Å². The van der Waals surface area contributed by atoms with E-state index < -0.39 is 11.0 Å². The van der Waals surface area contributed by atoms with Gasteiger partial charge in [-0.15, -0.1) is 0 Å². The van der Waals surface area contributed by atoms with Crippen molar-refractivity contribution >= 4 is 28.6 Å². The molecule has 1 aromatic heterocycles. The number of rotatable bonds is 8. The Labute approximate surface area is 237 Å². The zero-order valence-corrected chi connectivity index (χ0v) is 24.8. The summed E-state index contributed by atoms with van der Waals surface area (Å²) in [6.45, 7) is 14.2. The average molecular weight is 540 g/mol. The first-order valence-electron chi connectivity index (χ1n) is 14.1. The van der Waals surface area contributed by atoms with Gasteiger partial charge < -0.3 is 14.6 Å². The van der Waals surface area contributed by atoms with Crippen molar-refractivity contribution in [2.75, 3.05) is 5.32 Å². The highest BCUT2D eigenvalue weighted by atomic mass is 16.6. The summed E-state index contributed by atoms with van der Waals surface area (Å²) in [4.78, 5) is 30.4. The molecule has 0 radical (unpaired) electrons. The molecule has 6 nitrogen and oxygen atoms in total. The molecule has 3 aromatic carbocycles. The molecule has 1 amide bonds. The summed E-state index contributed by atoms with van der Waals surface area (Å²) >= 11 is 0. The van der Waals surface area contributed by atoms with E-state index in [1.807, 2.05) is 84.0 Å². The van der Waals surface area contributed by atoms with Gasteiger partial charge in [0.1, 0.15) is 11.4 Å². The zero-order chi connectivity index (χ0) is 29.1. The SMILES string of the molecule is CCCCc1nc2ccc(NC(=O)C(C)(C)C)cc2n1Cc1ccc(-c2ccccc2C(=O)OC(C)(C)C)cc1. The molecular weight excluding hydrogens is 498 g/mol. The summed E-state index contributed by atoms with van der Waals surface area (Å²) in [5.74, 6) is 0.689. The predicted molar refractivity (Wildman–Crippen MR) is 163 cm³/mol. The molecule has 6 heteroatoms. The first-order chi connectivity index (χ1) is 18.9. The van der Waals surface area contributed by atoms with Crippen LogP contribution in [0.3, 0.4) is 0 Å². The van der Waals surface area contributed by atoms with Crippen LogP contribution in [0, 0.1) is 5.41 Å². The minimum atomic E-state index is -0.563. The Bertz CT molecular complexity index is 1500. The number of aromatic nitrogens is 2. The number of unbranched alkanes of at least 4 members (excludes halogenated alkanes) is 1. The summed E-state index contributed by atoms with van der Waals surface area (Å²) in [6.07, 6.45) is 3.02. The maximum atomic E-state index is 12.9. The Morgan fingerprint density at radius 2 is 1.62 bits per heavy atom. The Morgan fingerprint density at radius 1 is 0.925 bits per heavy atom. The van der Waals surface area contributed by atoms with Crippen LogP contribution in [-0.2, 0) is 22.5 Å². The van der Waals surface area contributed by atoms with Gasteiger partial charge in [-0.2, -0.15) is 0 Å². The molecule has 0 atom stereocenters. The number of hydrogen-bond acceptors (Lipinski definition) is 4. The number of aryl methyl sites for hydroxylation is 1. The molecule has 0 saturated carbocycles. The van der Waals surface area contributed by atoms with Crippen LogP contribution in [0.25, 0.3) is 22.2 Å². The second-order valence-corrected chi connectivity index (χ2v) is 12.4. The molecule has 0 fully saturated rings. The van der Waals surface area contributed by atoms with Crippen LogP contribution in [0.1, 0.15) is 83.1 Å². The molecule has 0 unspecified atom stereocenters. The number of hydrogen-bond donors (Lipinski definition) is 1. The molecule has 1 N–H and O–H groups in total. The first-order valence-corrected chi connectivity index (χ1v) is 14.1. The zero-order valence-electron chi connectivity index (χ0n) is 24.8. The van der Waals surface area contributed by atoms with Crippen molar-refractivity contribution in [1.82, 2.24) is 9.55 Å². The molecule has 40 heavy (non-hydrogen) atoms. The van der Waals surface area contributed by atoms with Crippen LogP contribution in [0.15, 0.2) is 66.7 Å². The third-order valence-electron chi connectivity index (χ3n) is 6.67. The lowest BCUT2D eigenvalue weighted by Crippen LogP contribution is -2.27. The van der Waals surface area contributed by atoms with Gasteiger partial charge in [0.25, 0.3) is 0 Å². The Morgan fingerprint density at radius 3 is 2.27 bits per heavy atom. The first kappa shape index (κ1) is 29.1. The molecule has 0 aliphatic carbocycles. The summed E-state index contributed by atoms with van der Waals surface area (Å²) in [5.41, 5.74) is 5.12. The summed E-state index contributed by atoms with van der Waals surface area (Å²) in [7, 11) is 0. The number of carbonyl (C=O) groups is 2. The van der Waals surface area contributed by atoms with E-state index in [9.17, 15) is 9.59 Å². The highest BCUT2D eigenvalue weighted by Gasteiger charge is 2.22. The molecule has 4 rings (SSSR count). The van der Waals surface area contributed by atoms with E-state index in [4.69, 9.17) is 9.72 Å². The van der Waals surface area contributed by atoms with Crippen LogP contribution in [0.4, 0.5) is 5.69 Å². The van der Waals surface area contributed by atoms with Gasteiger partial charge in [0.05, 0.1) is 16.6 Å². The second-order valence-electron chi connectivity index (χ2n) is 12.4. The molecule has 0 aliphatic heterocycles. The fourth-order valence-electron chi connectivity index (χ4n) is 4.49. The van der Waals surface area contributed by atoms with Crippen molar-refractivity contribution in [2.24, 2.45) is 5.41 Å². The fraction of sp³-hybridized carbons (Fsp3) is 0.382.